The van der Waals surface area contributed by atoms with Crippen molar-refractivity contribution in [3.63, 3.8) is 0 Å². The summed E-state index contributed by atoms with van der Waals surface area (Å²) < 4.78 is 68.2. The van der Waals surface area contributed by atoms with Gasteiger partial charge in [-0.2, -0.15) is 0 Å². The molecule has 0 rings (SSSR count). The van der Waals surface area contributed by atoms with Crippen LogP contribution in [0.4, 0.5) is 0 Å². The van der Waals surface area contributed by atoms with Crippen molar-refractivity contribution in [2.45, 2.75) is 368 Å². The normalized spacial score (nSPS) is 14.1. The molecular weight excluding hydrogens is 1150 g/mol. The molecule has 0 aromatic carbocycles. The van der Waals surface area contributed by atoms with E-state index in [-0.39, 0.29) is 25.7 Å². The Morgan fingerprint density at radius 2 is 0.529 bits per heavy atom. The molecule has 0 aliphatic rings. The standard InChI is InChI=1S/C68H132O17P2/c1-6-9-12-15-18-21-24-25-26-28-33-39-44-49-54-68(73)85-64(58-79-66(71)52-47-42-37-34-29-30-35-40-45-50-61(4)5)60-83-87(76,77)81-56-62(69)55-80-86(74,75)82-59-63(57-78-65(70)51-46-41-36-31-23-20-17-14-11-8-3)84-67(72)53-48-43-38-32-27-22-19-16-13-10-7-2/h61-64,69H,6-60H2,1-5H3,(H,74,75)(H,76,77)/t62-,63+,64+/m0/s1. The number of hydrogen-bond acceptors (Lipinski definition) is 15. The van der Waals surface area contributed by atoms with Crippen molar-refractivity contribution in [3.05, 3.63) is 0 Å². The van der Waals surface area contributed by atoms with Crippen molar-refractivity contribution in [2.75, 3.05) is 39.6 Å². The van der Waals surface area contributed by atoms with Gasteiger partial charge in [-0.1, -0.05) is 298 Å². The number of aliphatic hydroxyl groups is 1. The molecule has 5 atom stereocenters. The molecule has 19 heteroatoms. The molecule has 0 aliphatic carbocycles. The third-order valence-corrected chi connectivity index (χ3v) is 17.7. The van der Waals surface area contributed by atoms with Gasteiger partial charge < -0.3 is 33.8 Å². The van der Waals surface area contributed by atoms with Gasteiger partial charge in [0, 0.05) is 25.7 Å². The first-order valence-corrected chi connectivity index (χ1v) is 38.6. The van der Waals surface area contributed by atoms with E-state index < -0.39 is 97.5 Å². The van der Waals surface area contributed by atoms with Crippen LogP contribution in [-0.2, 0) is 65.4 Å². The zero-order valence-corrected chi connectivity index (χ0v) is 57.9. The highest BCUT2D eigenvalue weighted by Crippen LogP contribution is 2.45. The zero-order valence-electron chi connectivity index (χ0n) is 56.2. The van der Waals surface area contributed by atoms with E-state index in [0.29, 0.717) is 25.7 Å². The van der Waals surface area contributed by atoms with Gasteiger partial charge in [0.25, 0.3) is 0 Å². The maximum Gasteiger partial charge on any atom is 0.472 e. The first kappa shape index (κ1) is 85.1. The molecule has 0 bridgehead atoms. The van der Waals surface area contributed by atoms with Crippen molar-refractivity contribution >= 4 is 39.5 Å². The Balaban J connectivity index is 5.24. The summed E-state index contributed by atoms with van der Waals surface area (Å²) in [5.74, 6) is -1.38. The van der Waals surface area contributed by atoms with E-state index in [1.54, 1.807) is 0 Å². The largest absolute Gasteiger partial charge is 0.472 e. The minimum atomic E-state index is -4.95. The Labute approximate surface area is 530 Å². The van der Waals surface area contributed by atoms with Crippen LogP contribution in [0.25, 0.3) is 0 Å². The number of hydrogen-bond donors (Lipinski definition) is 3. The number of phosphoric ester groups is 2. The smallest absolute Gasteiger partial charge is 0.462 e. The zero-order chi connectivity index (χ0) is 64.2. The van der Waals surface area contributed by atoms with Gasteiger partial charge in [0.2, 0.25) is 0 Å². The third-order valence-electron chi connectivity index (χ3n) is 15.8. The average molecular weight is 1280 g/mol. The molecule has 0 heterocycles. The number of phosphoric acid groups is 2. The molecule has 0 fully saturated rings. The van der Waals surface area contributed by atoms with E-state index >= 15 is 0 Å². The molecule has 87 heavy (non-hydrogen) atoms. The Morgan fingerprint density at radius 3 is 0.782 bits per heavy atom. The second-order valence-electron chi connectivity index (χ2n) is 25.0. The number of carbonyl (C=O) groups excluding carboxylic acids is 4. The summed E-state index contributed by atoms with van der Waals surface area (Å²) >= 11 is 0. The first-order chi connectivity index (χ1) is 42.0. The van der Waals surface area contributed by atoms with Gasteiger partial charge >= 0.3 is 39.5 Å². The van der Waals surface area contributed by atoms with Crippen LogP contribution in [0.1, 0.15) is 349 Å². The summed E-state index contributed by atoms with van der Waals surface area (Å²) in [5, 5.41) is 10.6. The lowest BCUT2D eigenvalue weighted by Gasteiger charge is -2.21. The van der Waals surface area contributed by atoms with Gasteiger partial charge in [-0.25, -0.2) is 9.13 Å². The minimum Gasteiger partial charge on any atom is -0.462 e. The monoisotopic (exact) mass is 1280 g/mol. The van der Waals surface area contributed by atoms with Crippen LogP contribution in [-0.4, -0.2) is 96.7 Å². The lowest BCUT2D eigenvalue weighted by Crippen LogP contribution is -2.30. The summed E-state index contributed by atoms with van der Waals surface area (Å²) in [6.45, 7) is 7.21. The highest BCUT2D eigenvalue weighted by Gasteiger charge is 2.30. The molecule has 0 saturated carbocycles. The van der Waals surface area contributed by atoms with Gasteiger partial charge in [0.15, 0.2) is 12.2 Å². The van der Waals surface area contributed by atoms with Gasteiger partial charge in [-0.15, -0.1) is 0 Å². The van der Waals surface area contributed by atoms with E-state index in [0.717, 1.165) is 95.8 Å². The van der Waals surface area contributed by atoms with Crippen LogP contribution in [0.15, 0.2) is 0 Å². The molecule has 0 aromatic rings. The molecule has 2 unspecified atom stereocenters. The fourth-order valence-corrected chi connectivity index (χ4v) is 11.9. The van der Waals surface area contributed by atoms with Crippen LogP contribution in [0.5, 0.6) is 0 Å². The van der Waals surface area contributed by atoms with Gasteiger partial charge in [-0.3, -0.25) is 37.3 Å². The molecule has 516 valence electrons. The fourth-order valence-electron chi connectivity index (χ4n) is 10.3. The average Bonchev–Trinajstić information content (AvgIpc) is 3.70. The maximum atomic E-state index is 13.0. The predicted octanol–water partition coefficient (Wildman–Crippen LogP) is 19.4. The van der Waals surface area contributed by atoms with Crippen molar-refractivity contribution in [3.8, 4) is 0 Å². The Bertz CT molecular complexity index is 1690. The number of rotatable bonds is 68. The minimum absolute atomic E-state index is 0.107. The lowest BCUT2D eigenvalue weighted by atomic mass is 10.0. The van der Waals surface area contributed by atoms with E-state index in [4.69, 9.17) is 37.0 Å². The van der Waals surface area contributed by atoms with Crippen molar-refractivity contribution in [1.29, 1.82) is 0 Å². The Hall–Kier alpha value is -1.94. The second kappa shape index (κ2) is 61.6. The molecule has 0 spiro atoms. The molecule has 0 aliphatic heterocycles. The van der Waals surface area contributed by atoms with Crippen LogP contribution < -0.4 is 0 Å². The van der Waals surface area contributed by atoms with Gasteiger partial charge in [0.1, 0.15) is 19.3 Å². The maximum absolute atomic E-state index is 13.0. The van der Waals surface area contributed by atoms with Crippen LogP contribution in [0, 0.1) is 5.92 Å². The van der Waals surface area contributed by atoms with E-state index in [9.17, 15) is 43.2 Å². The van der Waals surface area contributed by atoms with Crippen molar-refractivity contribution in [1.82, 2.24) is 0 Å². The molecular formula is C68H132O17P2. The molecule has 0 saturated heterocycles. The number of esters is 4. The van der Waals surface area contributed by atoms with E-state index in [1.807, 2.05) is 0 Å². The highest BCUT2D eigenvalue weighted by atomic mass is 31.2. The number of carbonyl (C=O) groups is 4. The molecule has 0 aromatic heterocycles. The van der Waals surface area contributed by atoms with Gasteiger partial charge in [0.05, 0.1) is 26.4 Å². The SMILES string of the molecule is CCCCCCCCCCCCCCCCC(=O)O[C@H](COC(=O)CCCCCCCCCCCC(C)C)COP(=O)(O)OC[C@@H](O)COP(=O)(O)OC[C@@H](COC(=O)CCCCCCCCCCCC)OC(=O)CCCCCCCCCCCCC. The topological polar surface area (TPSA) is 237 Å². The van der Waals surface area contributed by atoms with Crippen molar-refractivity contribution in [2.24, 2.45) is 5.92 Å². The van der Waals surface area contributed by atoms with Crippen LogP contribution in [0.3, 0.4) is 0 Å². The molecule has 3 N–H and O–H groups in total. The van der Waals surface area contributed by atoms with Gasteiger partial charge in [-0.05, 0) is 31.6 Å². The third kappa shape index (κ3) is 62.6. The van der Waals surface area contributed by atoms with Crippen LogP contribution >= 0.6 is 15.6 Å². The first-order valence-electron chi connectivity index (χ1n) is 35.6. The Kier molecular flexibility index (Phi) is 60.2. The lowest BCUT2D eigenvalue weighted by molar-refractivity contribution is -0.161. The van der Waals surface area contributed by atoms with E-state index in [2.05, 4.69) is 34.6 Å². The summed E-state index contributed by atoms with van der Waals surface area (Å²) in [7, 11) is -9.89. The highest BCUT2D eigenvalue weighted by molar-refractivity contribution is 7.47. The summed E-state index contributed by atoms with van der Waals surface area (Å²) in [6.07, 6.45) is 47.0. The van der Waals surface area contributed by atoms with Crippen LogP contribution in [0.2, 0.25) is 0 Å². The summed E-state index contributed by atoms with van der Waals surface area (Å²) in [6, 6.07) is 0. The quantitative estimate of drug-likeness (QED) is 0.0222. The second-order valence-corrected chi connectivity index (χ2v) is 27.9. The van der Waals surface area contributed by atoms with E-state index in [1.165, 1.54) is 173 Å². The Morgan fingerprint density at radius 1 is 0.310 bits per heavy atom. The predicted molar refractivity (Wildman–Crippen MR) is 349 cm³/mol. The molecule has 0 radical (unpaired) electrons. The summed E-state index contributed by atoms with van der Waals surface area (Å²) in [5.41, 5.74) is 0. The fraction of sp³-hybridized carbons (Fsp3) is 0.941. The number of unbranched alkanes of at least 4 members (excludes halogenated alkanes) is 40. The number of aliphatic hydroxyl groups excluding tert-OH is 1. The molecule has 0 amide bonds. The molecule has 17 nitrogen and oxygen atoms in total. The number of ether oxygens (including phenoxy) is 4. The van der Waals surface area contributed by atoms with Crippen molar-refractivity contribution < 1.29 is 80.2 Å². The summed E-state index contributed by atoms with van der Waals surface area (Å²) in [4.78, 5) is 72.4.